The van der Waals surface area contributed by atoms with E-state index in [1.807, 2.05) is 13.0 Å². The maximum absolute atomic E-state index is 14.3. The van der Waals surface area contributed by atoms with E-state index in [0.29, 0.717) is 28.9 Å². The van der Waals surface area contributed by atoms with Crippen LogP contribution < -0.4 is 20.7 Å². The summed E-state index contributed by atoms with van der Waals surface area (Å²) in [5.74, 6) is -1.57. The number of fused-ring (bicyclic) bond motifs is 1. The Morgan fingerprint density at radius 3 is 2.59 bits per heavy atom. The normalized spacial score (nSPS) is 14.6. The molecule has 0 bridgehead atoms. The number of amides is 1. The number of benzene rings is 2. The van der Waals surface area contributed by atoms with Crippen LogP contribution >= 0.6 is 0 Å². The number of rotatable bonds is 6. The second-order valence-corrected chi connectivity index (χ2v) is 7.72. The number of hydrogen-bond donors (Lipinski definition) is 2. The van der Waals surface area contributed by atoms with Crippen LogP contribution in [0, 0.1) is 11.6 Å². The number of ether oxygens (including phenoxy) is 1. The Labute approximate surface area is 184 Å². The third-order valence-corrected chi connectivity index (χ3v) is 5.55. The van der Waals surface area contributed by atoms with Crippen LogP contribution in [0.1, 0.15) is 17.3 Å². The van der Waals surface area contributed by atoms with Gasteiger partial charge in [0.05, 0.1) is 34.7 Å². The van der Waals surface area contributed by atoms with Crippen molar-refractivity contribution in [3.05, 3.63) is 53.7 Å². The molecule has 0 saturated carbocycles. The van der Waals surface area contributed by atoms with E-state index in [1.165, 1.54) is 12.3 Å². The van der Waals surface area contributed by atoms with Gasteiger partial charge >= 0.3 is 0 Å². The van der Waals surface area contributed by atoms with Crippen molar-refractivity contribution in [2.24, 2.45) is 5.73 Å². The van der Waals surface area contributed by atoms with Crippen LogP contribution in [0.3, 0.4) is 0 Å². The first-order valence-electron chi connectivity index (χ1n) is 10.4. The topological polar surface area (TPSA) is 83.7 Å². The molecule has 3 aromatic rings. The van der Waals surface area contributed by atoms with Crippen molar-refractivity contribution in [2.75, 3.05) is 50.1 Å². The van der Waals surface area contributed by atoms with Crippen molar-refractivity contribution in [1.29, 1.82) is 0 Å². The molecule has 1 amide bonds. The lowest BCUT2D eigenvalue weighted by molar-refractivity contribution is 0.100. The number of primary amides is 1. The van der Waals surface area contributed by atoms with Crippen LogP contribution in [0.4, 0.5) is 25.8 Å². The predicted octanol–water partition coefficient (Wildman–Crippen LogP) is 3.51. The maximum atomic E-state index is 14.3. The van der Waals surface area contributed by atoms with Crippen molar-refractivity contribution >= 4 is 33.9 Å². The zero-order chi connectivity index (χ0) is 22.8. The highest BCUT2D eigenvalue weighted by atomic mass is 19.1. The number of pyridine rings is 1. The van der Waals surface area contributed by atoms with Gasteiger partial charge in [0.25, 0.3) is 5.91 Å². The highest BCUT2D eigenvalue weighted by molar-refractivity contribution is 6.08. The third kappa shape index (κ3) is 4.29. The molecule has 0 spiro atoms. The van der Waals surface area contributed by atoms with Gasteiger partial charge in [-0.1, -0.05) is 0 Å². The molecular formula is C23H25F2N5O2. The fourth-order valence-corrected chi connectivity index (χ4v) is 3.82. The number of nitrogens with two attached hydrogens (primary N) is 1. The lowest BCUT2D eigenvalue weighted by atomic mass is 10.1. The average molecular weight is 441 g/mol. The number of anilines is 3. The lowest BCUT2D eigenvalue weighted by Gasteiger charge is -2.35. The van der Waals surface area contributed by atoms with Crippen LogP contribution in [0.15, 0.2) is 36.5 Å². The molecule has 1 fully saturated rings. The van der Waals surface area contributed by atoms with Gasteiger partial charge in [-0.2, -0.15) is 0 Å². The van der Waals surface area contributed by atoms with Crippen molar-refractivity contribution in [1.82, 2.24) is 9.88 Å². The summed E-state index contributed by atoms with van der Waals surface area (Å²) < 4.78 is 33.6. The molecule has 3 N–H and O–H groups in total. The van der Waals surface area contributed by atoms with Gasteiger partial charge in [0.1, 0.15) is 17.4 Å². The van der Waals surface area contributed by atoms with Gasteiger partial charge in [-0.15, -0.1) is 0 Å². The highest BCUT2D eigenvalue weighted by Crippen LogP contribution is 2.38. The molecule has 168 valence electrons. The summed E-state index contributed by atoms with van der Waals surface area (Å²) in [5, 5.41) is 3.46. The number of nitrogens with one attached hydrogen (secondary N) is 1. The number of likely N-dealkylation sites (N-methyl/N-ethyl adjacent to an activating group) is 1. The Kier molecular flexibility index (Phi) is 6.09. The second-order valence-electron chi connectivity index (χ2n) is 7.72. The Bertz CT molecular complexity index is 1160. The van der Waals surface area contributed by atoms with Crippen molar-refractivity contribution < 1.29 is 18.3 Å². The first-order valence-corrected chi connectivity index (χ1v) is 10.4. The highest BCUT2D eigenvalue weighted by Gasteiger charge is 2.22. The molecule has 9 heteroatoms. The van der Waals surface area contributed by atoms with Gasteiger partial charge < -0.3 is 25.6 Å². The van der Waals surface area contributed by atoms with Gasteiger partial charge in [0.15, 0.2) is 0 Å². The molecule has 7 nitrogen and oxygen atoms in total. The van der Waals surface area contributed by atoms with Crippen LogP contribution in [-0.2, 0) is 0 Å². The monoisotopic (exact) mass is 441 g/mol. The van der Waals surface area contributed by atoms with Gasteiger partial charge in [-0.05, 0) is 38.2 Å². The first-order chi connectivity index (χ1) is 15.4. The smallest absolute Gasteiger partial charge is 0.252 e. The van der Waals surface area contributed by atoms with Gasteiger partial charge in [-0.25, -0.2) is 8.78 Å². The van der Waals surface area contributed by atoms with E-state index in [0.717, 1.165) is 44.0 Å². The summed E-state index contributed by atoms with van der Waals surface area (Å²) in [7, 11) is 2.08. The number of hydrogen-bond acceptors (Lipinski definition) is 6. The fraction of sp³-hybridized carbons (Fsp3) is 0.304. The molecule has 32 heavy (non-hydrogen) atoms. The Hall–Kier alpha value is -3.46. The lowest BCUT2D eigenvalue weighted by Crippen LogP contribution is -2.44. The Morgan fingerprint density at radius 1 is 1.19 bits per heavy atom. The van der Waals surface area contributed by atoms with E-state index in [-0.39, 0.29) is 11.3 Å². The molecule has 2 heterocycles. The summed E-state index contributed by atoms with van der Waals surface area (Å²) >= 11 is 0. The van der Waals surface area contributed by atoms with Crippen LogP contribution in [0.2, 0.25) is 0 Å². The first kappa shape index (κ1) is 21.8. The zero-order valence-corrected chi connectivity index (χ0v) is 18.0. The largest absolute Gasteiger partial charge is 0.492 e. The minimum Gasteiger partial charge on any atom is -0.492 e. The zero-order valence-electron chi connectivity index (χ0n) is 18.0. The molecular weight excluding hydrogens is 416 g/mol. The van der Waals surface area contributed by atoms with Crippen molar-refractivity contribution in [3.63, 3.8) is 0 Å². The summed E-state index contributed by atoms with van der Waals surface area (Å²) in [5.41, 5.74) is 7.46. The van der Waals surface area contributed by atoms with E-state index < -0.39 is 17.5 Å². The molecule has 0 atom stereocenters. The van der Waals surface area contributed by atoms with Crippen molar-refractivity contribution in [2.45, 2.75) is 6.92 Å². The maximum Gasteiger partial charge on any atom is 0.252 e. The molecule has 4 rings (SSSR count). The summed E-state index contributed by atoms with van der Waals surface area (Å²) in [6.07, 6.45) is 1.36. The predicted molar refractivity (Wildman–Crippen MR) is 121 cm³/mol. The van der Waals surface area contributed by atoms with E-state index in [2.05, 4.69) is 27.1 Å². The number of aromatic nitrogens is 1. The molecule has 1 aliphatic rings. The van der Waals surface area contributed by atoms with E-state index in [4.69, 9.17) is 10.5 Å². The van der Waals surface area contributed by atoms with Crippen LogP contribution in [0.25, 0.3) is 10.9 Å². The van der Waals surface area contributed by atoms with E-state index in [9.17, 15) is 13.6 Å². The quantitative estimate of drug-likeness (QED) is 0.609. The molecule has 0 aliphatic carbocycles. The second kappa shape index (κ2) is 8.96. The standard InChI is InChI=1S/C23H25F2N5O2/c1-3-32-21-11-15-19(12-20(21)30-8-6-29(2)7-9-30)27-13-16(23(26)31)22(15)28-18-5-4-14(24)10-17(18)25/h4-5,10-13H,3,6-9H2,1-2H3,(H2,26,31)(H,27,28). The number of piperazine rings is 1. The Morgan fingerprint density at radius 2 is 1.94 bits per heavy atom. The van der Waals surface area contributed by atoms with Crippen molar-refractivity contribution in [3.8, 4) is 5.75 Å². The molecule has 0 unspecified atom stereocenters. The number of carbonyl (C=O) groups is 1. The van der Waals surface area contributed by atoms with Gasteiger partial charge in [0.2, 0.25) is 0 Å². The number of nitrogens with zero attached hydrogens (tertiary/aromatic N) is 3. The van der Waals surface area contributed by atoms with E-state index >= 15 is 0 Å². The number of carbonyl (C=O) groups excluding carboxylic acids is 1. The van der Waals surface area contributed by atoms with Crippen LogP contribution in [0.5, 0.6) is 5.75 Å². The van der Waals surface area contributed by atoms with Crippen LogP contribution in [-0.4, -0.2) is 55.6 Å². The fourth-order valence-electron chi connectivity index (χ4n) is 3.82. The minimum absolute atomic E-state index is 0.0162. The summed E-state index contributed by atoms with van der Waals surface area (Å²) in [6.45, 7) is 5.87. The summed E-state index contributed by atoms with van der Waals surface area (Å²) in [4.78, 5) is 21.0. The van der Waals surface area contributed by atoms with Gasteiger partial charge in [-0.3, -0.25) is 9.78 Å². The van der Waals surface area contributed by atoms with E-state index in [1.54, 1.807) is 6.07 Å². The SMILES string of the molecule is CCOc1cc2c(Nc3ccc(F)cc3F)c(C(N)=O)cnc2cc1N1CCN(C)CC1. The molecule has 0 radical (unpaired) electrons. The minimum atomic E-state index is -0.788. The average Bonchev–Trinajstić information content (AvgIpc) is 2.76. The molecule has 1 aromatic heterocycles. The van der Waals surface area contributed by atoms with Gasteiger partial charge in [0, 0.05) is 43.8 Å². The summed E-state index contributed by atoms with van der Waals surface area (Å²) in [6, 6.07) is 6.87. The molecule has 2 aromatic carbocycles. The number of halogens is 2. The third-order valence-electron chi connectivity index (χ3n) is 5.55. The molecule has 1 aliphatic heterocycles. The molecule has 1 saturated heterocycles. The Balaban J connectivity index is 1.86.